The van der Waals surface area contributed by atoms with Crippen LogP contribution >= 0.6 is 0 Å². The van der Waals surface area contributed by atoms with E-state index in [0.717, 1.165) is 5.56 Å². The minimum atomic E-state index is -1.07. The Balaban J connectivity index is 2.64. The molecule has 1 aromatic rings. The molecule has 1 aromatic carbocycles. The van der Waals surface area contributed by atoms with Crippen LogP contribution in [0.15, 0.2) is 24.3 Å². The topological polar surface area (TPSA) is 78.4 Å². The first kappa shape index (κ1) is 14.0. The maximum atomic E-state index is 11.5. The summed E-state index contributed by atoms with van der Waals surface area (Å²) in [5.74, 6) is -0.700. The number of carboxylic acids is 1. The third kappa shape index (κ3) is 4.08. The summed E-state index contributed by atoms with van der Waals surface area (Å²) in [6, 6.07) is 6.02. The Labute approximate surface area is 106 Å². The smallest absolute Gasteiger partial charge is 0.325 e. The van der Waals surface area contributed by atoms with Gasteiger partial charge in [0.05, 0.1) is 0 Å². The maximum absolute atomic E-state index is 11.5. The van der Waals surface area contributed by atoms with Crippen molar-refractivity contribution < 1.29 is 14.7 Å². The van der Waals surface area contributed by atoms with Gasteiger partial charge in [0.25, 0.3) is 0 Å². The first-order valence-electron chi connectivity index (χ1n) is 5.80. The summed E-state index contributed by atoms with van der Waals surface area (Å²) in [5, 5.41) is 13.6. The fourth-order valence-corrected chi connectivity index (χ4v) is 1.40. The molecule has 2 amide bonds. The van der Waals surface area contributed by atoms with Crippen molar-refractivity contribution in [3.63, 3.8) is 0 Å². The van der Waals surface area contributed by atoms with Gasteiger partial charge in [0.2, 0.25) is 0 Å². The predicted octanol–water partition coefficient (Wildman–Crippen LogP) is 2.40. The van der Waals surface area contributed by atoms with Crippen LogP contribution in [-0.2, 0) is 4.79 Å². The van der Waals surface area contributed by atoms with Gasteiger partial charge < -0.3 is 15.7 Å². The zero-order valence-electron chi connectivity index (χ0n) is 10.7. The molecule has 0 bridgehead atoms. The number of rotatable bonds is 4. The molecule has 0 heterocycles. The van der Waals surface area contributed by atoms with Crippen LogP contribution in [0.3, 0.4) is 0 Å². The highest BCUT2D eigenvalue weighted by molar-refractivity contribution is 5.92. The van der Waals surface area contributed by atoms with Crippen LogP contribution in [0.5, 0.6) is 0 Å². The SMILES string of the molecule is CC(C)c1cccc(NC(=O)N[C@H](C)C(=O)O)c1. The average Bonchev–Trinajstić information content (AvgIpc) is 2.28. The van der Waals surface area contributed by atoms with Crippen molar-refractivity contribution in [2.24, 2.45) is 0 Å². The van der Waals surface area contributed by atoms with Crippen LogP contribution in [0.2, 0.25) is 0 Å². The van der Waals surface area contributed by atoms with E-state index < -0.39 is 18.0 Å². The van der Waals surface area contributed by atoms with Gasteiger partial charge in [-0.3, -0.25) is 4.79 Å². The second-order valence-electron chi connectivity index (χ2n) is 4.44. The number of carbonyl (C=O) groups is 2. The molecule has 0 saturated carbocycles. The Kier molecular flexibility index (Phi) is 4.71. The molecule has 0 aromatic heterocycles. The van der Waals surface area contributed by atoms with Crippen molar-refractivity contribution in [2.75, 3.05) is 5.32 Å². The summed E-state index contributed by atoms with van der Waals surface area (Å²) in [5.41, 5.74) is 1.76. The molecular weight excluding hydrogens is 232 g/mol. The highest BCUT2D eigenvalue weighted by Gasteiger charge is 2.13. The van der Waals surface area contributed by atoms with Gasteiger partial charge in [0.15, 0.2) is 0 Å². The maximum Gasteiger partial charge on any atom is 0.325 e. The van der Waals surface area contributed by atoms with Gasteiger partial charge in [-0.1, -0.05) is 26.0 Å². The van der Waals surface area contributed by atoms with Crippen molar-refractivity contribution >= 4 is 17.7 Å². The van der Waals surface area contributed by atoms with E-state index >= 15 is 0 Å². The quantitative estimate of drug-likeness (QED) is 0.767. The number of benzene rings is 1. The number of aliphatic carboxylic acids is 1. The highest BCUT2D eigenvalue weighted by Crippen LogP contribution is 2.18. The van der Waals surface area contributed by atoms with Crippen molar-refractivity contribution in [1.29, 1.82) is 0 Å². The fraction of sp³-hybridized carbons (Fsp3) is 0.385. The molecule has 98 valence electrons. The summed E-state index contributed by atoms with van der Waals surface area (Å²) >= 11 is 0. The van der Waals surface area contributed by atoms with Crippen LogP contribution < -0.4 is 10.6 Å². The van der Waals surface area contributed by atoms with Crippen molar-refractivity contribution in [3.8, 4) is 0 Å². The van der Waals surface area contributed by atoms with Crippen LogP contribution in [0.25, 0.3) is 0 Å². The summed E-state index contributed by atoms with van der Waals surface area (Å²) in [7, 11) is 0. The first-order chi connectivity index (χ1) is 8.40. The van der Waals surface area contributed by atoms with E-state index in [2.05, 4.69) is 24.5 Å². The molecule has 0 aliphatic rings. The van der Waals surface area contributed by atoms with Gasteiger partial charge in [-0.2, -0.15) is 0 Å². The van der Waals surface area contributed by atoms with E-state index in [9.17, 15) is 9.59 Å². The number of carbonyl (C=O) groups excluding carboxylic acids is 1. The molecular formula is C13H18N2O3. The van der Waals surface area contributed by atoms with E-state index in [1.165, 1.54) is 6.92 Å². The molecule has 5 nitrogen and oxygen atoms in total. The number of hydrogen-bond acceptors (Lipinski definition) is 2. The second-order valence-corrected chi connectivity index (χ2v) is 4.44. The molecule has 3 N–H and O–H groups in total. The van der Waals surface area contributed by atoms with Gasteiger partial charge in [-0.25, -0.2) is 4.79 Å². The molecule has 0 aliphatic heterocycles. The Hall–Kier alpha value is -2.04. The Morgan fingerprint density at radius 2 is 1.89 bits per heavy atom. The van der Waals surface area contributed by atoms with Crippen molar-refractivity contribution in [1.82, 2.24) is 5.32 Å². The third-order valence-corrected chi connectivity index (χ3v) is 2.53. The largest absolute Gasteiger partial charge is 0.480 e. The summed E-state index contributed by atoms with van der Waals surface area (Å²) in [6.07, 6.45) is 0. The zero-order valence-corrected chi connectivity index (χ0v) is 10.7. The van der Waals surface area contributed by atoms with Gasteiger partial charge >= 0.3 is 12.0 Å². The van der Waals surface area contributed by atoms with Gasteiger partial charge in [-0.05, 0) is 30.5 Å². The summed E-state index contributed by atoms with van der Waals surface area (Å²) in [4.78, 5) is 22.1. The minimum Gasteiger partial charge on any atom is -0.480 e. The number of anilines is 1. The standard InChI is InChI=1S/C13H18N2O3/c1-8(2)10-5-4-6-11(7-10)15-13(18)14-9(3)12(16)17/h4-9H,1-3H3,(H,16,17)(H2,14,15,18)/t9-/m1/s1. The van der Waals surface area contributed by atoms with Gasteiger partial charge in [0, 0.05) is 5.69 Å². The molecule has 5 heteroatoms. The predicted molar refractivity (Wildman–Crippen MR) is 69.8 cm³/mol. The number of carboxylic acid groups (broad SMARTS) is 1. The number of hydrogen-bond donors (Lipinski definition) is 3. The molecule has 18 heavy (non-hydrogen) atoms. The van der Waals surface area contributed by atoms with Crippen molar-refractivity contribution in [2.45, 2.75) is 32.7 Å². The van der Waals surface area contributed by atoms with Crippen LogP contribution in [-0.4, -0.2) is 23.1 Å². The molecule has 0 saturated heterocycles. The lowest BCUT2D eigenvalue weighted by atomic mass is 10.0. The van der Waals surface area contributed by atoms with Gasteiger partial charge in [-0.15, -0.1) is 0 Å². The fourth-order valence-electron chi connectivity index (χ4n) is 1.40. The Morgan fingerprint density at radius 1 is 1.22 bits per heavy atom. The third-order valence-electron chi connectivity index (χ3n) is 2.53. The van der Waals surface area contributed by atoms with Crippen molar-refractivity contribution in [3.05, 3.63) is 29.8 Å². The van der Waals surface area contributed by atoms with E-state index in [0.29, 0.717) is 11.6 Å². The molecule has 0 spiro atoms. The average molecular weight is 250 g/mol. The lowest BCUT2D eigenvalue weighted by Gasteiger charge is -2.12. The van der Waals surface area contributed by atoms with E-state index in [4.69, 9.17) is 5.11 Å². The molecule has 0 unspecified atom stereocenters. The van der Waals surface area contributed by atoms with Crippen LogP contribution in [0.4, 0.5) is 10.5 Å². The first-order valence-corrected chi connectivity index (χ1v) is 5.80. The molecule has 1 rings (SSSR count). The number of urea groups is 1. The summed E-state index contributed by atoms with van der Waals surface area (Å²) in [6.45, 7) is 5.53. The molecule has 0 fully saturated rings. The lowest BCUT2D eigenvalue weighted by Crippen LogP contribution is -2.40. The lowest BCUT2D eigenvalue weighted by molar-refractivity contribution is -0.138. The van der Waals surface area contributed by atoms with E-state index in [1.54, 1.807) is 6.07 Å². The van der Waals surface area contributed by atoms with Crippen LogP contribution in [0.1, 0.15) is 32.3 Å². The summed E-state index contributed by atoms with van der Waals surface area (Å²) < 4.78 is 0. The molecule has 1 atom stereocenters. The Morgan fingerprint density at radius 3 is 2.44 bits per heavy atom. The van der Waals surface area contributed by atoms with Crippen LogP contribution in [0, 0.1) is 0 Å². The monoisotopic (exact) mass is 250 g/mol. The van der Waals surface area contributed by atoms with E-state index in [1.807, 2.05) is 18.2 Å². The zero-order chi connectivity index (χ0) is 13.7. The Bertz CT molecular complexity index is 444. The molecule has 0 radical (unpaired) electrons. The highest BCUT2D eigenvalue weighted by atomic mass is 16.4. The normalized spacial score (nSPS) is 12.0. The minimum absolute atomic E-state index is 0.368. The number of amides is 2. The van der Waals surface area contributed by atoms with E-state index in [-0.39, 0.29) is 0 Å². The number of nitrogens with one attached hydrogen (secondary N) is 2. The second kappa shape index (κ2) is 6.05. The van der Waals surface area contributed by atoms with Gasteiger partial charge in [0.1, 0.15) is 6.04 Å². The molecule has 0 aliphatic carbocycles.